The lowest BCUT2D eigenvalue weighted by Crippen LogP contribution is -2.09. The Morgan fingerprint density at radius 2 is 1.75 bits per heavy atom. The molecular weight excluding hydrogens is 159 g/mol. The summed E-state index contributed by atoms with van der Waals surface area (Å²) in [6.07, 6.45) is 0. The van der Waals surface area contributed by atoms with Gasteiger partial charge in [0.15, 0.2) is 0 Å². The van der Waals surface area contributed by atoms with Crippen molar-refractivity contribution in [3.63, 3.8) is 0 Å². The highest BCUT2D eigenvalue weighted by molar-refractivity contribution is 7.86. The van der Waals surface area contributed by atoms with Crippen LogP contribution < -0.4 is 0 Å². The zero-order valence-corrected chi connectivity index (χ0v) is 5.67. The molecule has 0 aromatic rings. The molecular formula is C2H6ClFO3S. The van der Waals surface area contributed by atoms with E-state index in [-0.39, 0.29) is 12.4 Å². The molecule has 1 atom stereocenters. The fourth-order valence-electron chi connectivity index (χ4n) is 0. The molecule has 0 aliphatic rings. The first kappa shape index (κ1) is 11.0. The maximum Gasteiger partial charge on any atom is 0.297 e. The molecule has 0 heterocycles. The molecule has 0 aromatic heterocycles. The zero-order chi connectivity index (χ0) is 6.08. The van der Waals surface area contributed by atoms with Crippen molar-refractivity contribution in [3.8, 4) is 0 Å². The molecule has 3 nitrogen and oxygen atoms in total. The van der Waals surface area contributed by atoms with Crippen LogP contribution in [0.4, 0.5) is 4.39 Å². The third kappa shape index (κ3) is 4.29. The van der Waals surface area contributed by atoms with Crippen LogP contribution in [0, 0.1) is 0 Å². The molecule has 0 aliphatic heterocycles. The Bertz CT molecular complexity index is 139. The second-order valence-corrected chi connectivity index (χ2v) is 2.74. The van der Waals surface area contributed by atoms with Gasteiger partial charge in [-0.1, -0.05) is 0 Å². The minimum atomic E-state index is -4.41. The van der Waals surface area contributed by atoms with E-state index in [1.165, 1.54) is 0 Å². The molecule has 52 valence electrons. The molecule has 0 spiro atoms. The van der Waals surface area contributed by atoms with Gasteiger partial charge in [-0.25, -0.2) is 4.39 Å². The topological polar surface area (TPSA) is 54.4 Å². The second kappa shape index (κ2) is 3.21. The van der Waals surface area contributed by atoms with E-state index in [4.69, 9.17) is 4.55 Å². The quantitative estimate of drug-likeness (QED) is 0.578. The van der Waals surface area contributed by atoms with Crippen molar-refractivity contribution in [2.75, 3.05) is 0 Å². The van der Waals surface area contributed by atoms with Gasteiger partial charge in [0.1, 0.15) is 0 Å². The van der Waals surface area contributed by atoms with Gasteiger partial charge in [0.25, 0.3) is 10.1 Å². The van der Waals surface area contributed by atoms with Gasteiger partial charge in [0, 0.05) is 0 Å². The number of alkyl halides is 1. The van der Waals surface area contributed by atoms with Crippen molar-refractivity contribution in [1.82, 2.24) is 0 Å². The fourth-order valence-corrected chi connectivity index (χ4v) is 0. The minimum absolute atomic E-state index is 0. The molecule has 0 saturated carbocycles. The summed E-state index contributed by atoms with van der Waals surface area (Å²) in [5, 5.41) is 0. The van der Waals surface area contributed by atoms with Gasteiger partial charge in [0.2, 0.25) is 5.50 Å². The summed E-state index contributed by atoms with van der Waals surface area (Å²) in [5.41, 5.74) is -2.17. The van der Waals surface area contributed by atoms with E-state index in [1.807, 2.05) is 0 Å². The molecule has 0 radical (unpaired) electrons. The smallest absolute Gasteiger partial charge is 0.283 e. The average molecular weight is 165 g/mol. The first-order valence-electron chi connectivity index (χ1n) is 1.55. The van der Waals surface area contributed by atoms with Gasteiger partial charge < -0.3 is 0 Å². The number of hydrogen-bond acceptors (Lipinski definition) is 2. The maximum absolute atomic E-state index is 11.4. The van der Waals surface area contributed by atoms with E-state index in [2.05, 4.69) is 0 Å². The largest absolute Gasteiger partial charge is 0.297 e. The summed E-state index contributed by atoms with van der Waals surface area (Å²) < 4.78 is 38.1. The normalized spacial score (nSPS) is 14.4. The SMILES string of the molecule is CC(F)S(=O)(=O)O.Cl. The van der Waals surface area contributed by atoms with Crippen LogP contribution in [0.5, 0.6) is 0 Å². The molecule has 0 rings (SSSR count). The molecule has 1 unspecified atom stereocenters. The monoisotopic (exact) mass is 164 g/mol. The van der Waals surface area contributed by atoms with Crippen LogP contribution in [0.15, 0.2) is 0 Å². The number of rotatable bonds is 1. The number of halogens is 2. The summed E-state index contributed by atoms with van der Waals surface area (Å²) in [7, 11) is -4.41. The van der Waals surface area contributed by atoms with E-state index in [9.17, 15) is 12.8 Å². The van der Waals surface area contributed by atoms with Gasteiger partial charge in [-0.15, -0.1) is 12.4 Å². The van der Waals surface area contributed by atoms with Gasteiger partial charge >= 0.3 is 0 Å². The van der Waals surface area contributed by atoms with Crippen molar-refractivity contribution in [3.05, 3.63) is 0 Å². The third-order valence-electron chi connectivity index (χ3n) is 0.410. The van der Waals surface area contributed by atoms with Crippen molar-refractivity contribution in [2.45, 2.75) is 12.4 Å². The molecule has 8 heavy (non-hydrogen) atoms. The van der Waals surface area contributed by atoms with E-state index in [1.54, 1.807) is 0 Å². The Balaban J connectivity index is 0. The van der Waals surface area contributed by atoms with Gasteiger partial charge in [-0.3, -0.25) is 4.55 Å². The van der Waals surface area contributed by atoms with Crippen LogP contribution in [0.2, 0.25) is 0 Å². The number of hydrogen-bond donors (Lipinski definition) is 1. The van der Waals surface area contributed by atoms with Crippen LogP contribution >= 0.6 is 12.4 Å². The highest BCUT2D eigenvalue weighted by Gasteiger charge is 2.13. The zero-order valence-electron chi connectivity index (χ0n) is 4.04. The van der Waals surface area contributed by atoms with Crippen LogP contribution in [-0.2, 0) is 10.1 Å². The van der Waals surface area contributed by atoms with Crippen LogP contribution in [0.3, 0.4) is 0 Å². The Labute approximate surface area is 53.1 Å². The first-order chi connectivity index (χ1) is 2.94. The summed E-state index contributed by atoms with van der Waals surface area (Å²) in [6, 6.07) is 0. The molecule has 1 N–H and O–H groups in total. The van der Waals surface area contributed by atoms with Crippen LogP contribution in [-0.4, -0.2) is 18.5 Å². The Kier molecular flexibility index (Phi) is 4.42. The van der Waals surface area contributed by atoms with Crippen molar-refractivity contribution < 1.29 is 17.4 Å². The summed E-state index contributed by atoms with van der Waals surface area (Å²) >= 11 is 0. The lowest BCUT2D eigenvalue weighted by atomic mass is 10.9. The Hall–Kier alpha value is 0.130. The third-order valence-corrected chi connectivity index (χ3v) is 1.23. The summed E-state index contributed by atoms with van der Waals surface area (Å²) in [4.78, 5) is 0. The fraction of sp³-hybridized carbons (Fsp3) is 1.00. The second-order valence-electron chi connectivity index (χ2n) is 1.06. The van der Waals surface area contributed by atoms with Gasteiger partial charge in [0.05, 0.1) is 0 Å². The maximum atomic E-state index is 11.4. The Morgan fingerprint density at radius 3 is 1.75 bits per heavy atom. The standard InChI is InChI=1S/C2H5FO3S.ClH/c1-2(3)7(4,5)6;/h2H,1H3,(H,4,5,6);1H. The van der Waals surface area contributed by atoms with Crippen molar-refractivity contribution in [2.24, 2.45) is 0 Å². The minimum Gasteiger partial charge on any atom is -0.283 e. The molecule has 0 aromatic carbocycles. The predicted molar refractivity (Wildman–Crippen MR) is 29.4 cm³/mol. The highest BCUT2D eigenvalue weighted by atomic mass is 35.5. The predicted octanol–water partition coefficient (Wildman–Crippen LogP) is 0.611. The van der Waals surface area contributed by atoms with Gasteiger partial charge in [-0.05, 0) is 6.92 Å². The van der Waals surface area contributed by atoms with E-state index >= 15 is 0 Å². The molecule has 0 saturated heterocycles. The lowest BCUT2D eigenvalue weighted by molar-refractivity contribution is 0.390. The van der Waals surface area contributed by atoms with E-state index in [0.29, 0.717) is 0 Å². The van der Waals surface area contributed by atoms with Crippen LogP contribution in [0.1, 0.15) is 6.92 Å². The molecule has 6 heteroatoms. The molecule has 0 amide bonds. The lowest BCUT2D eigenvalue weighted by Gasteiger charge is -1.90. The Morgan fingerprint density at radius 1 is 1.62 bits per heavy atom. The highest BCUT2D eigenvalue weighted by Crippen LogP contribution is 1.95. The van der Waals surface area contributed by atoms with Crippen molar-refractivity contribution in [1.29, 1.82) is 0 Å². The van der Waals surface area contributed by atoms with E-state index in [0.717, 1.165) is 6.92 Å². The summed E-state index contributed by atoms with van der Waals surface area (Å²) in [6.45, 7) is 0.745. The van der Waals surface area contributed by atoms with Crippen molar-refractivity contribution >= 4 is 22.5 Å². The first-order valence-corrected chi connectivity index (χ1v) is 3.05. The molecule has 0 fully saturated rings. The summed E-state index contributed by atoms with van der Waals surface area (Å²) in [5.74, 6) is 0. The van der Waals surface area contributed by atoms with Crippen LogP contribution in [0.25, 0.3) is 0 Å². The molecule has 0 aliphatic carbocycles. The average Bonchev–Trinajstić information content (AvgIpc) is 1.31. The van der Waals surface area contributed by atoms with E-state index < -0.39 is 15.6 Å². The molecule has 0 bridgehead atoms. The van der Waals surface area contributed by atoms with Gasteiger partial charge in [-0.2, -0.15) is 8.42 Å².